The first-order valence-electron chi connectivity index (χ1n) is 11.6. The van der Waals surface area contributed by atoms with Gasteiger partial charge in [-0.05, 0) is 55.7 Å². The molecule has 2 aromatic rings. The van der Waals surface area contributed by atoms with Gasteiger partial charge in [0.05, 0.1) is 15.6 Å². The Bertz CT molecular complexity index is 1220. The summed E-state index contributed by atoms with van der Waals surface area (Å²) in [7, 11) is 0. The molecule has 0 N–H and O–H groups in total. The van der Waals surface area contributed by atoms with Crippen LogP contribution in [0.3, 0.4) is 0 Å². The zero-order chi connectivity index (χ0) is 23.1. The number of nitrogens with zero attached hydrogens (tertiary/aromatic N) is 2. The van der Waals surface area contributed by atoms with Crippen molar-refractivity contribution in [3.05, 3.63) is 61.1 Å². The fourth-order valence-corrected chi connectivity index (χ4v) is 7.28. The van der Waals surface area contributed by atoms with E-state index >= 15 is 0 Å². The minimum absolute atomic E-state index is 0.0585. The van der Waals surface area contributed by atoms with Crippen molar-refractivity contribution in [2.45, 2.75) is 70.1 Å². The van der Waals surface area contributed by atoms with E-state index in [4.69, 9.17) is 23.2 Å². The number of carbonyl (C=O) groups excluding carboxylic acids is 2. The first-order chi connectivity index (χ1) is 16.0. The highest BCUT2D eigenvalue weighted by Gasteiger charge is 2.42. The van der Waals surface area contributed by atoms with Crippen LogP contribution in [0.5, 0.6) is 0 Å². The number of allylic oxidation sites excluding steroid dienone is 2. The molecular formula is C26H24Cl2N2O2S. The Balaban J connectivity index is 1.67. The number of amides is 1. The van der Waals surface area contributed by atoms with Gasteiger partial charge in [-0.25, -0.2) is 0 Å². The second kappa shape index (κ2) is 9.25. The second-order valence-corrected chi connectivity index (χ2v) is 10.8. The van der Waals surface area contributed by atoms with E-state index in [1.807, 2.05) is 6.07 Å². The Hall–Kier alpha value is -2.13. The Morgan fingerprint density at radius 3 is 2.58 bits per heavy atom. The van der Waals surface area contributed by atoms with Crippen LogP contribution >= 0.6 is 34.5 Å². The van der Waals surface area contributed by atoms with Crippen LogP contribution in [0.25, 0.3) is 0 Å². The number of carbonyl (C=O) groups is 2. The Morgan fingerprint density at radius 1 is 1.00 bits per heavy atom. The van der Waals surface area contributed by atoms with Gasteiger partial charge in [0.1, 0.15) is 11.1 Å². The van der Waals surface area contributed by atoms with Crippen molar-refractivity contribution in [3.63, 3.8) is 0 Å². The molecule has 0 saturated carbocycles. The third-order valence-electron chi connectivity index (χ3n) is 7.00. The van der Waals surface area contributed by atoms with Gasteiger partial charge in [-0.2, -0.15) is 5.26 Å². The molecular weight excluding hydrogens is 475 g/mol. The maximum Gasteiger partial charge on any atom is 0.232 e. The van der Waals surface area contributed by atoms with Crippen molar-refractivity contribution in [2.75, 3.05) is 4.90 Å². The van der Waals surface area contributed by atoms with Gasteiger partial charge in [0.2, 0.25) is 5.91 Å². The minimum Gasteiger partial charge on any atom is -0.294 e. The molecule has 2 heterocycles. The van der Waals surface area contributed by atoms with Crippen LogP contribution in [0.4, 0.5) is 5.00 Å². The predicted molar refractivity (Wildman–Crippen MR) is 132 cm³/mol. The summed E-state index contributed by atoms with van der Waals surface area (Å²) >= 11 is 14.4. The molecule has 1 amide bonds. The lowest BCUT2D eigenvalue weighted by molar-refractivity contribution is -0.119. The fraction of sp³-hybridized carbons (Fsp3) is 0.423. The lowest BCUT2D eigenvalue weighted by Gasteiger charge is -2.38. The first-order valence-corrected chi connectivity index (χ1v) is 13.2. The van der Waals surface area contributed by atoms with Gasteiger partial charge in [0.15, 0.2) is 5.78 Å². The third-order valence-corrected chi connectivity index (χ3v) is 9.11. The van der Waals surface area contributed by atoms with Crippen molar-refractivity contribution in [3.8, 4) is 6.07 Å². The van der Waals surface area contributed by atoms with E-state index < -0.39 is 5.92 Å². The molecule has 0 spiro atoms. The highest BCUT2D eigenvalue weighted by Crippen LogP contribution is 2.49. The van der Waals surface area contributed by atoms with E-state index in [1.165, 1.54) is 17.7 Å². The lowest BCUT2D eigenvalue weighted by Crippen LogP contribution is -2.40. The largest absolute Gasteiger partial charge is 0.294 e. The molecule has 1 aliphatic heterocycles. The van der Waals surface area contributed by atoms with Gasteiger partial charge < -0.3 is 0 Å². The summed E-state index contributed by atoms with van der Waals surface area (Å²) in [5.41, 5.74) is 3.85. The molecule has 1 atom stereocenters. The highest BCUT2D eigenvalue weighted by molar-refractivity contribution is 7.16. The fourth-order valence-electron chi connectivity index (χ4n) is 5.46. The number of nitriles is 1. The number of thiophene rings is 1. The zero-order valence-electron chi connectivity index (χ0n) is 18.3. The molecule has 33 heavy (non-hydrogen) atoms. The topological polar surface area (TPSA) is 61.2 Å². The van der Waals surface area contributed by atoms with Crippen LogP contribution in [-0.2, 0) is 22.4 Å². The van der Waals surface area contributed by atoms with E-state index in [0.29, 0.717) is 45.4 Å². The van der Waals surface area contributed by atoms with Crippen molar-refractivity contribution in [2.24, 2.45) is 0 Å². The van der Waals surface area contributed by atoms with Crippen molar-refractivity contribution >= 4 is 51.2 Å². The highest BCUT2D eigenvalue weighted by atomic mass is 35.5. The van der Waals surface area contributed by atoms with Crippen molar-refractivity contribution in [1.82, 2.24) is 0 Å². The number of ketones is 1. The molecule has 2 aliphatic carbocycles. The number of hydrogen-bond acceptors (Lipinski definition) is 4. The standard InChI is InChI=1S/C26H24Cl2N2O2S/c27-19-9-5-8-16(25(19)28)17-13-23(32)30(20-10-6-11-21(31)24(17)20)26-18(14-29)15-7-3-1-2-4-12-22(15)33-26/h5,8-9,17H,1-4,6-7,10-13H2/t17-/m1/s1. The molecule has 1 aromatic carbocycles. The number of Topliss-reactive ketones (excluding diaryl/α,β-unsaturated/α-hetero) is 1. The predicted octanol–water partition coefficient (Wildman–Crippen LogP) is 7.11. The summed E-state index contributed by atoms with van der Waals surface area (Å²) in [6.07, 6.45) is 8.29. The number of halogens is 2. The normalized spacial score (nSPS) is 21.2. The number of anilines is 1. The smallest absolute Gasteiger partial charge is 0.232 e. The molecule has 0 bridgehead atoms. The van der Waals surface area contributed by atoms with Gasteiger partial charge in [0, 0.05) is 34.9 Å². The summed E-state index contributed by atoms with van der Waals surface area (Å²) in [5.74, 6) is -0.437. The summed E-state index contributed by atoms with van der Waals surface area (Å²) in [5, 5.41) is 11.6. The van der Waals surface area contributed by atoms with Crippen LogP contribution in [0.1, 0.15) is 78.9 Å². The Kier molecular flexibility index (Phi) is 6.35. The van der Waals surface area contributed by atoms with E-state index in [0.717, 1.165) is 42.5 Å². The molecule has 0 saturated heterocycles. The first kappa shape index (κ1) is 22.7. The van der Waals surface area contributed by atoms with Gasteiger partial charge in [-0.1, -0.05) is 48.2 Å². The van der Waals surface area contributed by atoms with Crippen LogP contribution in [-0.4, -0.2) is 11.7 Å². The number of aryl methyl sites for hydroxylation is 1. The summed E-state index contributed by atoms with van der Waals surface area (Å²) in [4.78, 5) is 29.8. The van der Waals surface area contributed by atoms with Crippen LogP contribution in [0.15, 0.2) is 29.5 Å². The summed E-state index contributed by atoms with van der Waals surface area (Å²) < 4.78 is 0. The molecule has 1 aromatic heterocycles. The van der Waals surface area contributed by atoms with Gasteiger partial charge in [-0.15, -0.1) is 11.3 Å². The van der Waals surface area contributed by atoms with Crippen molar-refractivity contribution < 1.29 is 9.59 Å². The monoisotopic (exact) mass is 498 g/mol. The number of rotatable bonds is 2. The minimum atomic E-state index is -0.408. The molecule has 0 fully saturated rings. The third kappa shape index (κ3) is 3.93. The molecule has 3 aliphatic rings. The summed E-state index contributed by atoms with van der Waals surface area (Å²) in [6, 6.07) is 7.78. The quantitative estimate of drug-likeness (QED) is 0.442. The van der Waals surface area contributed by atoms with E-state index in [9.17, 15) is 14.9 Å². The average molecular weight is 499 g/mol. The van der Waals surface area contributed by atoms with Gasteiger partial charge in [0.25, 0.3) is 0 Å². The van der Waals surface area contributed by atoms with E-state index in [2.05, 4.69) is 6.07 Å². The van der Waals surface area contributed by atoms with Crippen molar-refractivity contribution in [1.29, 1.82) is 5.26 Å². The average Bonchev–Trinajstić information content (AvgIpc) is 3.11. The molecule has 170 valence electrons. The lowest BCUT2D eigenvalue weighted by atomic mass is 9.77. The molecule has 4 nitrogen and oxygen atoms in total. The number of benzene rings is 1. The molecule has 7 heteroatoms. The van der Waals surface area contributed by atoms with Gasteiger partial charge in [-0.3, -0.25) is 14.5 Å². The molecule has 0 unspecified atom stereocenters. The molecule has 0 radical (unpaired) electrons. The maximum atomic E-state index is 13.7. The summed E-state index contributed by atoms with van der Waals surface area (Å²) in [6.45, 7) is 0. The van der Waals surface area contributed by atoms with E-state index in [-0.39, 0.29) is 18.1 Å². The second-order valence-electron chi connectivity index (χ2n) is 8.98. The van der Waals surface area contributed by atoms with Crippen LogP contribution in [0, 0.1) is 11.3 Å². The molecule has 5 rings (SSSR count). The zero-order valence-corrected chi connectivity index (χ0v) is 20.6. The van der Waals surface area contributed by atoms with Gasteiger partial charge >= 0.3 is 0 Å². The SMILES string of the molecule is N#Cc1c(N2C(=O)C[C@H](c3cccc(Cl)c3Cl)C3=C2CCCC3=O)sc2c1CCCCCC2. The Morgan fingerprint density at radius 2 is 1.79 bits per heavy atom. The maximum absolute atomic E-state index is 13.7. The number of hydrogen-bond donors (Lipinski definition) is 0. The van der Waals surface area contributed by atoms with Crippen LogP contribution < -0.4 is 4.90 Å². The number of fused-ring (bicyclic) bond motifs is 1. The Labute approximate surface area is 207 Å². The van der Waals surface area contributed by atoms with Crippen LogP contribution in [0.2, 0.25) is 10.0 Å². The van der Waals surface area contributed by atoms with E-state index in [1.54, 1.807) is 28.4 Å².